The number of ether oxygens (including phenoxy) is 1. The quantitative estimate of drug-likeness (QED) is 0.159. The Balaban J connectivity index is 1.01. The molecule has 12 rings (SSSR count). The first-order chi connectivity index (χ1) is 37.5. The van der Waals surface area contributed by atoms with Gasteiger partial charge >= 0.3 is 0 Å². The highest BCUT2D eigenvalue weighted by atomic mass is 32.1. The highest BCUT2D eigenvalue weighted by Crippen LogP contribution is 2.53. The van der Waals surface area contributed by atoms with Gasteiger partial charge in [0.2, 0.25) is 0 Å². The molecule has 5 nitrogen and oxygen atoms in total. The molecule has 8 aromatic carbocycles. The molecule has 0 unspecified atom stereocenters. The Kier molecular flexibility index (Phi) is 9.87. The molecule has 1 aliphatic rings. The standard InChI is InChI=1S/C68H64N4OS/c1-42-34-43(2)62(45-35-47(67(6,7)8)37-48(36-45)68(9,10)11)64(61(42)44-20-13-12-14-21-44)71-41-70(55-25-16-17-26-56(55)71)49-22-19-23-50(39-49)73-51-28-29-54-58(40-51)72(60-38-46(32-33-69-60)66(3,4)5)57-31-30-53-52-24-15-18-27-59(52)74-65(53)63(54)57/h12-40H,41H2,1-11H3/i12D,13D,14D,20D,21D. The third-order valence-electron chi connectivity index (χ3n) is 14.9. The molecule has 74 heavy (non-hydrogen) atoms. The Hall–Kier alpha value is -7.67. The fourth-order valence-electron chi connectivity index (χ4n) is 11.0. The number of hydrogen-bond acceptors (Lipinski definition) is 5. The molecule has 1 aliphatic heterocycles. The van der Waals surface area contributed by atoms with Gasteiger partial charge in [-0.15, -0.1) is 11.3 Å². The van der Waals surface area contributed by atoms with E-state index in [2.05, 4.69) is 199 Å². The maximum absolute atomic E-state index is 9.43. The number of fused-ring (bicyclic) bond motifs is 8. The highest BCUT2D eigenvalue weighted by molar-refractivity contribution is 7.26. The van der Waals surface area contributed by atoms with Crippen molar-refractivity contribution in [1.82, 2.24) is 9.55 Å². The van der Waals surface area contributed by atoms with Gasteiger partial charge in [-0.25, -0.2) is 4.98 Å². The van der Waals surface area contributed by atoms with Crippen molar-refractivity contribution in [2.24, 2.45) is 0 Å². The number of aryl methyl sites for hydroxylation is 2. The van der Waals surface area contributed by atoms with Crippen LogP contribution in [-0.2, 0) is 16.2 Å². The summed E-state index contributed by atoms with van der Waals surface area (Å²) >= 11 is 1.83. The average Bonchev–Trinajstić information content (AvgIpc) is 4.31. The van der Waals surface area contributed by atoms with E-state index in [1.165, 1.54) is 42.2 Å². The van der Waals surface area contributed by atoms with E-state index >= 15 is 0 Å². The molecule has 0 atom stereocenters. The van der Waals surface area contributed by atoms with Gasteiger partial charge in [-0.1, -0.05) is 159 Å². The minimum absolute atomic E-state index is 0.0799. The normalized spacial score (nSPS) is 14.2. The molecule has 0 bridgehead atoms. The predicted molar refractivity (Wildman–Crippen MR) is 316 cm³/mol. The third-order valence-corrected chi connectivity index (χ3v) is 16.1. The van der Waals surface area contributed by atoms with Crippen molar-refractivity contribution in [3.05, 3.63) is 204 Å². The van der Waals surface area contributed by atoms with Gasteiger partial charge in [-0.05, 0) is 130 Å². The lowest BCUT2D eigenvalue weighted by Gasteiger charge is -2.31. The molecule has 4 heterocycles. The van der Waals surface area contributed by atoms with Gasteiger partial charge in [0.25, 0.3) is 0 Å². The first kappa shape index (κ1) is 41.8. The molecule has 368 valence electrons. The summed E-state index contributed by atoms with van der Waals surface area (Å²) < 4.78 is 57.0. The van der Waals surface area contributed by atoms with Crippen molar-refractivity contribution in [3.8, 4) is 39.6 Å². The molecule has 6 heteroatoms. The summed E-state index contributed by atoms with van der Waals surface area (Å²) in [5.74, 6) is 2.20. The fourth-order valence-corrected chi connectivity index (χ4v) is 12.2. The van der Waals surface area contributed by atoms with Gasteiger partial charge in [0.15, 0.2) is 0 Å². The Morgan fingerprint density at radius 1 is 0.541 bits per heavy atom. The second-order valence-electron chi connectivity index (χ2n) is 23.1. The number of aromatic nitrogens is 2. The van der Waals surface area contributed by atoms with Gasteiger partial charge in [-0.2, -0.15) is 0 Å². The van der Waals surface area contributed by atoms with Crippen LogP contribution in [0.15, 0.2) is 176 Å². The van der Waals surface area contributed by atoms with Crippen LogP contribution in [0.4, 0.5) is 22.7 Å². The number of nitrogens with zero attached hydrogens (tertiary/aromatic N) is 4. The average molecular weight is 990 g/mol. The van der Waals surface area contributed by atoms with Crippen molar-refractivity contribution >= 4 is 76.1 Å². The summed E-state index contributed by atoms with van der Waals surface area (Å²) in [5, 5.41) is 4.82. The van der Waals surface area contributed by atoms with E-state index in [9.17, 15) is 2.74 Å². The maximum atomic E-state index is 9.43. The lowest BCUT2D eigenvalue weighted by molar-refractivity contribution is 0.483. The molecule has 0 fully saturated rings. The number of para-hydroxylation sites is 2. The molecule has 0 amide bonds. The fraction of sp³-hybridized carbons (Fsp3) is 0.221. The molecule has 0 N–H and O–H groups in total. The number of anilines is 4. The van der Waals surface area contributed by atoms with Crippen molar-refractivity contribution in [3.63, 3.8) is 0 Å². The van der Waals surface area contributed by atoms with Gasteiger partial charge < -0.3 is 14.5 Å². The number of hydrogen-bond donors (Lipinski definition) is 0. The summed E-state index contributed by atoms with van der Waals surface area (Å²) in [6.45, 7) is 24.6. The monoisotopic (exact) mass is 990 g/mol. The highest BCUT2D eigenvalue weighted by Gasteiger charge is 2.34. The Labute approximate surface area is 447 Å². The summed E-state index contributed by atoms with van der Waals surface area (Å²) in [7, 11) is 0. The molecular weight excluding hydrogens is 921 g/mol. The number of pyridine rings is 1. The lowest BCUT2D eigenvalue weighted by Crippen LogP contribution is -2.25. The van der Waals surface area contributed by atoms with Crippen LogP contribution < -0.4 is 14.5 Å². The maximum Gasteiger partial charge on any atom is 0.137 e. The third kappa shape index (κ3) is 8.11. The number of thiophene rings is 1. The second kappa shape index (κ2) is 17.5. The first-order valence-electron chi connectivity index (χ1n) is 28.1. The van der Waals surface area contributed by atoms with Crippen molar-refractivity contribution in [2.75, 3.05) is 16.5 Å². The van der Waals surface area contributed by atoms with Crippen LogP contribution in [0.25, 0.3) is 70.0 Å². The van der Waals surface area contributed by atoms with Gasteiger partial charge in [0.1, 0.15) is 24.0 Å². The lowest BCUT2D eigenvalue weighted by atomic mass is 9.78. The van der Waals surface area contributed by atoms with E-state index in [1.807, 2.05) is 48.7 Å². The summed E-state index contributed by atoms with van der Waals surface area (Å²) in [6, 6.07) is 47.7. The first-order valence-corrected chi connectivity index (χ1v) is 26.4. The number of benzene rings is 8. The van der Waals surface area contributed by atoms with Gasteiger partial charge in [0, 0.05) is 66.1 Å². The van der Waals surface area contributed by atoms with Crippen LogP contribution >= 0.6 is 11.3 Å². The Morgan fingerprint density at radius 2 is 1.19 bits per heavy atom. The molecule has 11 aromatic rings. The molecule has 0 spiro atoms. The predicted octanol–water partition coefficient (Wildman–Crippen LogP) is 19.4. The van der Waals surface area contributed by atoms with Crippen LogP contribution in [0.1, 0.15) is 97.0 Å². The van der Waals surface area contributed by atoms with Crippen molar-refractivity contribution in [2.45, 2.75) is 92.4 Å². The minimum atomic E-state index is -0.420. The zero-order chi connectivity index (χ0) is 55.8. The van der Waals surface area contributed by atoms with E-state index in [0.29, 0.717) is 23.7 Å². The second-order valence-corrected chi connectivity index (χ2v) is 24.1. The summed E-state index contributed by atoms with van der Waals surface area (Å²) in [5.41, 5.74) is 13.3. The number of rotatable bonds is 7. The van der Waals surface area contributed by atoms with Crippen LogP contribution in [0.2, 0.25) is 0 Å². The van der Waals surface area contributed by atoms with E-state index in [4.69, 9.17) is 13.8 Å². The SMILES string of the molecule is [2H]c1c([2H])c([2H])c(-c2c(C)cc(C)c(-c3cc(C(C)(C)C)cc(C(C)(C)C)c3)c2N2CN(c3cccc(Oc4ccc5c6c7sc8ccccc8c7ccc6n(-c6cc(C(C)(C)C)ccn6)c5c4)c3)c3ccccc32)c([2H])c1[2H]. The zero-order valence-electron chi connectivity index (χ0n) is 49.2. The van der Waals surface area contributed by atoms with E-state index in [0.717, 1.165) is 67.2 Å². The van der Waals surface area contributed by atoms with E-state index in [1.54, 1.807) is 0 Å². The van der Waals surface area contributed by atoms with Crippen LogP contribution in [0.3, 0.4) is 0 Å². The summed E-state index contributed by atoms with van der Waals surface area (Å²) in [4.78, 5) is 9.55. The zero-order valence-corrected chi connectivity index (χ0v) is 45.0. The van der Waals surface area contributed by atoms with Crippen molar-refractivity contribution < 1.29 is 11.6 Å². The Bertz CT molecular complexity index is 4260. The van der Waals surface area contributed by atoms with Gasteiger partial charge in [0.05, 0.1) is 34.9 Å². The molecule has 3 aromatic heterocycles. The van der Waals surface area contributed by atoms with Crippen LogP contribution in [-0.4, -0.2) is 16.2 Å². The van der Waals surface area contributed by atoms with Crippen LogP contribution in [0.5, 0.6) is 11.5 Å². The smallest absolute Gasteiger partial charge is 0.137 e. The molecule has 0 saturated heterocycles. The van der Waals surface area contributed by atoms with Gasteiger partial charge in [-0.3, -0.25) is 4.57 Å². The molecule has 0 aliphatic carbocycles. The molecule has 0 radical (unpaired) electrons. The van der Waals surface area contributed by atoms with Crippen LogP contribution in [0, 0.1) is 13.8 Å². The molecule has 0 saturated carbocycles. The largest absolute Gasteiger partial charge is 0.457 e. The molecular formula is C68H64N4OS. The topological polar surface area (TPSA) is 33.5 Å². The van der Waals surface area contributed by atoms with E-state index in [-0.39, 0.29) is 46.0 Å². The summed E-state index contributed by atoms with van der Waals surface area (Å²) in [6.07, 6.45) is 1.92. The van der Waals surface area contributed by atoms with Crippen molar-refractivity contribution in [1.29, 1.82) is 0 Å². The van der Waals surface area contributed by atoms with E-state index < -0.39 is 6.04 Å². The minimum Gasteiger partial charge on any atom is -0.457 e. The Morgan fingerprint density at radius 3 is 1.91 bits per heavy atom.